The Labute approximate surface area is 134 Å². The number of esters is 1. The largest absolute Gasteiger partial charge is 0.534 e. The highest BCUT2D eigenvalue weighted by Gasteiger charge is 2.49. The molecule has 0 bridgehead atoms. The Bertz CT molecular complexity index is 889. The number of methoxy groups -OCH3 is 2. The van der Waals surface area contributed by atoms with Crippen LogP contribution in [0.5, 0.6) is 11.5 Å². The van der Waals surface area contributed by atoms with Gasteiger partial charge in [-0.15, -0.1) is 0 Å². The molecule has 6 nitrogen and oxygen atoms in total. The Kier molecular flexibility index (Phi) is 4.61. The summed E-state index contributed by atoms with van der Waals surface area (Å²) in [5.41, 5.74) is -6.10. The Morgan fingerprint density at radius 3 is 2.25 bits per heavy atom. The van der Waals surface area contributed by atoms with Crippen LogP contribution in [-0.4, -0.2) is 34.1 Å². The van der Waals surface area contributed by atoms with Gasteiger partial charge in [0, 0.05) is 0 Å². The van der Waals surface area contributed by atoms with Gasteiger partial charge in [0.1, 0.15) is 11.3 Å². The smallest absolute Gasteiger partial charge is 0.497 e. The van der Waals surface area contributed by atoms with Crippen LogP contribution >= 0.6 is 0 Å². The van der Waals surface area contributed by atoms with E-state index >= 15 is 0 Å². The van der Waals surface area contributed by atoms with E-state index in [-0.39, 0.29) is 0 Å². The summed E-state index contributed by atoms with van der Waals surface area (Å²) >= 11 is 0. The summed E-state index contributed by atoms with van der Waals surface area (Å²) in [7, 11) is -3.52. The highest BCUT2D eigenvalue weighted by Crippen LogP contribution is 2.33. The first-order valence-electron chi connectivity index (χ1n) is 6.30. The van der Waals surface area contributed by atoms with Crippen LogP contribution in [0.25, 0.3) is 10.8 Å². The average Bonchev–Trinajstić information content (AvgIpc) is 2.51. The van der Waals surface area contributed by atoms with Gasteiger partial charge in [-0.3, -0.25) is 0 Å². The number of carbonyl (C=O) groups excluding carboxylic acids is 1. The van der Waals surface area contributed by atoms with Gasteiger partial charge in [0.15, 0.2) is 5.75 Å². The molecule has 0 saturated heterocycles. The molecule has 0 aliphatic rings. The van der Waals surface area contributed by atoms with Crippen molar-refractivity contribution in [3.05, 3.63) is 35.9 Å². The first-order chi connectivity index (χ1) is 11.1. The molecule has 0 spiro atoms. The van der Waals surface area contributed by atoms with Crippen LogP contribution in [0.4, 0.5) is 13.2 Å². The molecule has 0 N–H and O–H groups in total. The molecule has 130 valence electrons. The van der Waals surface area contributed by atoms with Crippen molar-refractivity contribution in [2.75, 3.05) is 14.2 Å². The quantitative estimate of drug-likeness (QED) is 0.472. The molecule has 24 heavy (non-hydrogen) atoms. The van der Waals surface area contributed by atoms with Gasteiger partial charge in [-0.25, -0.2) is 4.79 Å². The molecule has 0 aliphatic heterocycles. The van der Waals surface area contributed by atoms with E-state index in [4.69, 9.17) is 4.74 Å². The van der Waals surface area contributed by atoms with Gasteiger partial charge < -0.3 is 13.7 Å². The van der Waals surface area contributed by atoms with Gasteiger partial charge in [-0.1, -0.05) is 6.07 Å². The van der Waals surface area contributed by atoms with Crippen LogP contribution in [0.1, 0.15) is 10.4 Å². The number of alkyl halides is 3. The Morgan fingerprint density at radius 1 is 1.04 bits per heavy atom. The zero-order chi connectivity index (χ0) is 18.1. The topological polar surface area (TPSA) is 78.9 Å². The lowest BCUT2D eigenvalue weighted by Gasteiger charge is -2.13. The van der Waals surface area contributed by atoms with Crippen molar-refractivity contribution in [3.63, 3.8) is 0 Å². The maximum Gasteiger partial charge on any atom is 0.534 e. The SMILES string of the molecule is COC(=O)c1cc2cc(OC)ccc2cc1OS(=O)(=O)C(F)(F)F. The highest BCUT2D eigenvalue weighted by molar-refractivity contribution is 7.88. The fraction of sp³-hybridized carbons (Fsp3) is 0.214. The van der Waals surface area contributed by atoms with Crippen LogP contribution in [-0.2, 0) is 14.9 Å². The van der Waals surface area contributed by atoms with E-state index < -0.39 is 32.9 Å². The zero-order valence-electron chi connectivity index (χ0n) is 12.4. The van der Waals surface area contributed by atoms with Crippen molar-refractivity contribution in [2.45, 2.75) is 5.51 Å². The second-order valence-electron chi connectivity index (χ2n) is 4.54. The molecule has 0 atom stereocenters. The number of ether oxygens (including phenoxy) is 2. The Morgan fingerprint density at radius 2 is 1.71 bits per heavy atom. The molecule has 0 heterocycles. The highest BCUT2D eigenvalue weighted by atomic mass is 32.2. The van der Waals surface area contributed by atoms with Crippen molar-refractivity contribution in [2.24, 2.45) is 0 Å². The predicted octanol–water partition coefficient (Wildman–Crippen LogP) is 2.86. The summed E-state index contributed by atoms with van der Waals surface area (Å²) in [5.74, 6) is -1.39. The van der Waals surface area contributed by atoms with Gasteiger partial charge in [-0.05, 0) is 35.0 Å². The van der Waals surface area contributed by atoms with E-state index in [2.05, 4.69) is 8.92 Å². The van der Waals surface area contributed by atoms with Crippen molar-refractivity contribution < 1.29 is 40.0 Å². The maximum atomic E-state index is 12.5. The summed E-state index contributed by atoms with van der Waals surface area (Å²) in [6, 6.07) is 6.67. The summed E-state index contributed by atoms with van der Waals surface area (Å²) in [5, 5.41) is 0.766. The number of halogens is 3. The van der Waals surface area contributed by atoms with Crippen LogP contribution < -0.4 is 8.92 Å². The molecular weight excluding hydrogens is 353 g/mol. The summed E-state index contributed by atoms with van der Waals surface area (Å²) in [6.07, 6.45) is 0. The number of hydrogen-bond acceptors (Lipinski definition) is 6. The van der Waals surface area contributed by atoms with Crippen molar-refractivity contribution in [1.29, 1.82) is 0 Å². The summed E-state index contributed by atoms with van der Waals surface area (Å²) < 4.78 is 73.5. The molecule has 10 heteroatoms. The van der Waals surface area contributed by atoms with Crippen LogP contribution in [0.2, 0.25) is 0 Å². The van der Waals surface area contributed by atoms with Crippen LogP contribution in [0.15, 0.2) is 30.3 Å². The van der Waals surface area contributed by atoms with Gasteiger partial charge in [0.25, 0.3) is 0 Å². The predicted molar refractivity (Wildman–Crippen MR) is 77.4 cm³/mol. The van der Waals surface area contributed by atoms with Gasteiger partial charge in [0.05, 0.1) is 14.2 Å². The van der Waals surface area contributed by atoms with E-state index in [1.807, 2.05) is 0 Å². The zero-order valence-corrected chi connectivity index (χ0v) is 13.2. The number of carbonyl (C=O) groups is 1. The fourth-order valence-electron chi connectivity index (χ4n) is 1.89. The summed E-state index contributed by atoms with van der Waals surface area (Å²) in [6.45, 7) is 0. The Hall–Kier alpha value is -2.49. The van der Waals surface area contributed by atoms with Crippen LogP contribution in [0.3, 0.4) is 0 Å². The minimum absolute atomic E-state index is 0.343. The average molecular weight is 364 g/mol. The first kappa shape index (κ1) is 17.9. The third kappa shape index (κ3) is 3.37. The first-order valence-corrected chi connectivity index (χ1v) is 7.71. The van der Waals surface area contributed by atoms with Gasteiger partial charge in [0.2, 0.25) is 0 Å². The molecule has 0 amide bonds. The monoisotopic (exact) mass is 364 g/mol. The molecule has 0 aromatic heterocycles. The lowest BCUT2D eigenvalue weighted by molar-refractivity contribution is -0.0500. The molecule has 2 rings (SSSR count). The lowest BCUT2D eigenvalue weighted by atomic mass is 10.1. The minimum atomic E-state index is -5.93. The molecule has 0 saturated carbocycles. The van der Waals surface area contributed by atoms with E-state index in [1.165, 1.54) is 25.3 Å². The molecule has 0 fully saturated rings. The molecule has 0 unspecified atom stereocenters. The number of benzene rings is 2. The summed E-state index contributed by atoms with van der Waals surface area (Å²) in [4.78, 5) is 11.8. The van der Waals surface area contributed by atoms with Crippen molar-refractivity contribution in [3.8, 4) is 11.5 Å². The maximum absolute atomic E-state index is 12.5. The third-order valence-electron chi connectivity index (χ3n) is 3.03. The van der Waals surface area contributed by atoms with E-state index in [0.29, 0.717) is 16.5 Å². The number of fused-ring (bicyclic) bond motifs is 1. The number of hydrogen-bond donors (Lipinski definition) is 0. The molecule has 2 aromatic rings. The lowest BCUT2D eigenvalue weighted by Crippen LogP contribution is -2.28. The molecule has 2 aromatic carbocycles. The van der Waals surface area contributed by atoms with E-state index in [1.54, 1.807) is 0 Å². The number of rotatable bonds is 4. The van der Waals surface area contributed by atoms with Gasteiger partial charge in [-0.2, -0.15) is 21.6 Å². The minimum Gasteiger partial charge on any atom is -0.497 e. The second-order valence-corrected chi connectivity index (χ2v) is 6.07. The van der Waals surface area contributed by atoms with Crippen molar-refractivity contribution in [1.82, 2.24) is 0 Å². The fourth-order valence-corrected chi connectivity index (χ4v) is 2.35. The van der Waals surface area contributed by atoms with Crippen LogP contribution in [0, 0.1) is 0 Å². The third-order valence-corrected chi connectivity index (χ3v) is 4.00. The molecule has 0 radical (unpaired) electrons. The van der Waals surface area contributed by atoms with Gasteiger partial charge >= 0.3 is 21.6 Å². The standard InChI is InChI=1S/C14H11F3O6S/c1-21-10-4-3-8-7-12(23-24(19,20)14(15,16)17)11(13(18)22-2)6-9(8)5-10/h3-7H,1-2H3. The van der Waals surface area contributed by atoms with Crippen molar-refractivity contribution >= 4 is 26.9 Å². The normalized spacial score (nSPS) is 12.0. The molecule has 0 aliphatic carbocycles. The Balaban J connectivity index is 2.65. The van der Waals surface area contributed by atoms with E-state index in [9.17, 15) is 26.4 Å². The molecular formula is C14H11F3O6S. The van der Waals surface area contributed by atoms with E-state index in [0.717, 1.165) is 19.2 Å². The second kappa shape index (κ2) is 6.19.